The largest absolute Gasteiger partial charge is 0.457 e. The van der Waals surface area contributed by atoms with E-state index in [-0.39, 0.29) is 0 Å². The summed E-state index contributed by atoms with van der Waals surface area (Å²) >= 11 is 1.76. The molecule has 0 bridgehead atoms. The second-order valence-corrected chi connectivity index (χ2v) is 15.9. The zero-order valence-electron chi connectivity index (χ0n) is 30.7. The number of fused-ring (bicyclic) bond motifs is 12. The number of nitrogens with zero attached hydrogens (tertiary/aromatic N) is 2. The second kappa shape index (κ2) is 12.4. The highest BCUT2D eigenvalue weighted by molar-refractivity contribution is 7.26. The molecule has 0 N–H and O–H groups in total. The molecule has 0 saturated carbocycles. The third-order valence-electron chi connectivity index (χ3n) is 11.8. The maximum absolute atomic E-state index is 6.55. The first kappa shape index (κ1) is 32.1. The maximum Gasteiger partial charge on any atom is 0.161 e. The Hall–Kier alpha value is -7.14. The van der Waals surface area contributed by atoms with Crippen LogP contribution in [0.4, 0.5) is 0 Å². The number of para-hydroxylation sites is 2. The Bertz CT molecular complexity index is 3190. The Balaban J connectivity index is 1.05. The number of benzene rings is 8. The van der Waals surface area contributed by atoms with Crippen molar-refractivity contribution in [2.45, 2.75) is 5.41 Å². The molecule has 1 aliphatic carbocycles. The minimum absolute atomic E-state index is 0.488. The molecule has 3 heterocycles. The lowest BCUT2D eigenvalue weighted by atomic mass is 9.66. The lowest BCUT2D eigenvalue weighted by Gasteiger charge is -2.39. The fourth-order valence-corrected chi connectivity index (χ4v) is 10.5. The van der Waals surface area contributed by atoms with Crippen LogP contribution in [0.5, 0.6) is 11.5 Å². The Morgan fingerprint density at radius 2 is 1.00 bits per heavy atom. The van der Waals surface area contributed by atoms with E-state index in [1.807, 2.05) is 0 Å². The van der Waals surface area contributed by atoms with Gasteiger partial charge in [-0.05, 0) is 74.8 Å². The molecule has 3 nitrogen and oxygen atoms in total. The molecule has 0 amide bonds. The smallest absolute Gasteiger partial charge is 0.161 e. The number of ether oxygens (including phenoxy) is 1. The first-order chi connectivity index (χ1) is 28.3. The van der Waals surface area contributed by atoms with Gasteiger partial charge in [-0.25, -0.2) is 9.97 Å². The molecule has 57 heavy (non-hydrogen) atoms. The highest BCUT2D eigenvalue weighted by Gasteiger charge is 2.50. The standard InChI is InChI=1S/C53H32N2OS/c1-2-15-33(16-3-1)37-19-4-5-21-39(37)52-54-49(51-50(55-52)40-22-7-13-28-48(40)57-51)36-18-14-17-34(31-36)35-29-30-43-41(32-35)38-20-6-8-23-42(38)53(43)44-24-9-11-26-46(44)56-47-27-12-10-25-45(47)53/h1-32H. The second-order valence-electron chi connectivity index (χ2n) is 14.8. The van der Waals surface area contributed by atoms with E-state index in [9.17, 15) is 0 Å². The summed E-state index contributed by atoms with van der Waals surface area (Å²) in [5.74, 6) is 2.53. The summed E-state index contributed by atoms with van der Waals surface area (Å²) < 4.78 is 8.85. The van der Waals surface area contributed by atoms with Gasteiger partial charge in [0.2, 0.25) is 0 Å². The van der Waals surface area contributed by atoms with Gasteiger partial charge in [-0.2, -0.15) is 0 Å². The van der Waals surface area contributed by atoms with E-state index in [2.05, 4.69) is 194 Å². The van der Waals surface area contributed by atoms with Crippen molar-refractivity contribution in [2.24, 2.45) is 0 Å². The van der Waals surface area contributed by atoms with E-state index in [1.54, 1.807) is 11.3 Å². The molecular formula is C53H32N2OS. The van der Waals surface area contributed by atoms with Crippen LogP contribution in [-0.4, -0.2) is 9.97 Å². The molecule has 8 aromatic carbocycles. The molecular weight excluding hydrogens is 713 g/mol. The number of rotatable bonds is 4. The summed E-state index contributed by atoms with van der Waals surface area (Å²) in [6.07, 6.45) is 0. The minimum atomic E-state index is -0.488. The lowest BCUT2D eigenvalue weighted by Crippen LogP contribution is -2.32. The normalized spacial score (nSPS) is 13.2. The van der Waals surface area contributed by atoms with Gasteiger partial charge in [0, 0.05) is 32.3 Å². The summed E-state index contributed by atoms with van der Waals surface area (Å²) in [5, 5.41) is 1.15. The Morgan fingerprint density at radius 3 is 1.81 bits per heavy atom. The zero-order chi connectivity index (χ0) is 37.5. The van der Waals surface area contributed by atoms with Crippen molar-refractivity contribution in [1.29, 1.82) is 0 Å². The summed E-state index contributed by atoms with van der Waals surface area (Å²) in [6, 6.07) is 69.4. The predicted molar refractivity (Wildman–Crippen MR) is 234 cm³/mol. The molecule has 0 radical (unpaired) electrons. The molecule has 0 unspecified atom stereocenters. The van der Waals surface area contributed by atoms with Gasteiger partial charge in [0.1, 0.15) is 11.5 Å². The third-order valence-corrected chi connectivity index (χ3v) is 13.0. The van der Waals surface area contributed by atoms with Crippen molar-refractivity contribution in [3.05, 3.63) is 216 Å². The van der Waals surface area contributed by atoms with E-state index in [1.165, 1.54) is 38.1 Å². The topological polar surface area (TPSA) is 35.0 Å². The van der Waals surface area contributed by atoms with Crippen molar-refractivity contribution in [1.82, 2.24) is 9.97 Å². The van der Waals surface area contributed by atoms with Crippen LogP contribution in [0.2, 0.25) is 0 Å². The first-order valence-electron chi connectivity index (χ1n) is 19.3. The van der Waals surface area contributed by atoms with Crippen molar-refractivity contribution >= 4 is 31.6 Å². The minimum Gasteiger partial charge on any atom is -0.457 e. The van der Waals surface area contributed by atoms with Crippen LogP contribution >= 0.6 is 11.3 Å². The molecule has 10 aromatic rings. The Labute approximate surface area is 334 Å². The number of hydrogen-bond donors (Lipinski definition) is 0. The summed E-state index contributed by atoms with van der Waals surface area (Å²) in [7, 11) is 0. The highest BCUT2D eigenvalue weighted by Crippen LogP contribution is 2.62. The molecule has 2 aliphatic rings. The summed E-state index contributed by atoms with van der Waals surface area (Å²) in [6.45, 7) is 0. The van der Waals surface area contributed by atoms with E-state index in [0.717, 1.165) is 72.0 Å². The van der Waals surface area contributed by atoms with Gasteiger partial charge in [-0.15, -0.1) is 11.3 Å². The molecule has 1 aliphatic heterocycles. The van der Waals surface area contributed by atoms with Gasteiger partial charge < -0.3 is 4.74 Å². The average Bonchev–Trinajstić information content (AvgIpc) is 3.80. The molecule has 0 atom stereocenters. The first-order valence-corrected chi connectivity index (χ1v) is 20.1. The van der Waals surface area contributed by atoms with Gasteiger partial charge in [0.15, 0.2) is 5.82 Å². The molecule has 1 spiro atoms. The van der Waals surface area contributed by atoms with Crippen molar-refractivity contribution < 1.29 is 4.74 Å². The van der Waals surface area contributed by atoms with E-state index in [0.29, 0.717) is 0 Å². The van der Waals surface area contributed by atoms with E-state index >= 15 is 0 Å². The van der Waals surface area contributed by atoms with Gasteiger partial charge in [-0.3, -0.25) is 0 Å². The summed E-state index contributed by atoms with van der Waals surface area (Å²) in [5.41, 5.74) is 15.5. The van der Waals surface area contributed by atoms with E-state index in [4.69, 9.17) is 14.7 Å². The van der Waals surface area contributed by atoms with Crippen LogP contribution in [0.25, 0.3) is 76.3 Å². The van der Waals surface area contributed by atoms with Crippen LogP contribution in [0.3, 0.4) is 0 Å². The zero-order valence-corrected chi connectivity index (χ0v) is 31.5. The van der Waals surface area contributed by atoms with Gasteiger partial charge in [0.25, 0.3) is 0 Å². The fourth-order valence-electron chi connectivity index (χ4n) is 9.34. The van der Waals surface area contributed by atoms with Gasteiger partial charge in [-0.1, -0.05) is 164 Å². The quantitative estimate of drug-likeness (QED) is 0.180. The molecule has 2 aromatic heterocycles. The third kappa shape index (κ3) is 4.71. The Morgan fingerprint density at radius 1 is 0.404 bits per heavy atom. The summed E-state index contributed by atoms with van der Waals surface area (Å²) in [4.78, 5) is 10.7. The molecule has 12 rings (SSSR count). The van der Waals surface area contributed by atoms with Crippen molar-refractivity contribution in [3.8, 4) is 67.5 Å². The molecule has 0 saturated heterocycles. The number of hydrogen-bond acceptors (Lipinski definition) is 4. The molecule has 266 valence electrons. The van der Waals surface area contributed by atoms with E-state index < -0.39 is 5.41 Å². The fraction of sp³-hybridized carbons (Fsp3) is 0.0189. The van der Waals surface area contributed by atoms with Crippen LogP contribution in [0.15, 0.2) is 194 Å². The van der Waals surface area contributed by atoms with Crippen molar-refractivity contribution in [3.63, 3.8) is 0 Å². The lowest BCUT2D eigenvalue weighted by molar-refractivity contribution is 0.436. The van der Waals surface area contributed by atoms with Crippen LogP contribution < -0.4 is 4.74 Å². The monoisotopic (exact) mass is 744 g/mol. The number of thiophene rings is 1. The van der Waals surface area contributed by atoms with Crippen molar-refractivity contribution in [2.75, 3.05) is 0 Å². The molecule has 4 heteroatoms. The number of aromatic nitrogens is 2. The predicted octanol–water partition coefficient (Wildman–Crippen LogP) is 14.0. The molecule has 0 fully saturated rings. The Kier molecular flexibility index (Phi) is 7.01. The van der Waals surface area contributed by atoms with Gasteiger partial charge in [0.05, 0.1) is 21.3 Å². The van der Waals surface area contributed by atoms with Gasteiger partial charge >= 0.3 is 0 Å². The van der Waals surface area contributed by atoms with Crippen LogP contribution in [-0.2, 0) is 5.41 Å². The maximum atomic E-state index is 6.55. The average molecular weight is 745 g/mol. The van der Waals surface area contributed by atoms with Crippen LogP contribution in [0, 0.1) is 0 Å². The SMILES string of the molecule is c1ccc(-c2ccccc2-c2nc(-c3cccc(-c4ccc5c(c4)-c4ccccc4C54c5ccccc5Oc5ccccc54)c3)c3sc4ccccc4c3n2)cc1. The highest BCUT2D eigenvalue weighted by atomic mass is 32.1. The van der Waals surface area contributed by atoms with Crippen LogP contribution in [0.1, 0.15) is 22.3 Å².